The molecular formula is C16H32BrClO. The van der Waals surface area contributed by atoms with E-state index in [-0.39, 0.29) is 17.1 Å². The highest BCUT2D eigenvalue weighted by molar-refractivity contribution is 9.18. The first-order valence-corrected chi connectivity index (χ1v) is 8.75. The molecule has 1 nitrogen and oxygen atoms in total. The number of carbonyl (C=O) groups excluding carboxylic acids is 1. The molecule has 0 saturated heterocycles. The van der Waals surface area contributed by atoms with Gasteiger partial charge in [0.25, 0.3) is 0 Å². The number of unbranched alkanes of at least 4 members (excludes halogenated alkanes) is 12. The van der Waals surface area contributed by atoms with Crippen LogP contribution in [0.1, 0.15) is 96.8 Å². The molecule has 0 spiro atoms. The van der Waals surface area contributed by atoms with E-state index in [0.717, 1.165) is 6.42 Å². The summed E-state index contributed by atoms with van der Waals surface area (Å²) < 4.78 is 0.158. The van der Waals surface area contributed by atoms with Crippen LogP contribution in [0.4, 0.5) is 0 Å². The molecule has 0 aliphatic heterocycles. The highest BCUT2D eigenvalue weighted by Crippen LogP contribution is 2.13. The molecule has 0 atom stereocenters. The molecule has 0 aliphatic carbocycles. The van der Waals surface area contributed by atoms with E-state index in [1.807, 2.05) is 0 Å². The van der Waals surface area contributed by atoms with Crippen molar-refractivity contribution < 1.29 is 4.79 Å². The van der Waals surface area contributed by atoms with E-state index in [4.69, 9.17) is 0 Å². The van der Waals surface area contributed by atoms with Gasteiger partial charge in [0.15, 0.2) is 4.69 Å². The average molecular weight is 356 g/mol. The van der Waals surface area contributed by atoms with Crippen LogP contribution in [0.5, 0.6) is 0 Å². The summed E-state index contributed by atoms with van der Waals surface area (Å²) in [6.45, 7) is 2.27. The molecular weight excluding hydrogens is 324 g/mol. The normalized spacial score (nSPS) is 10.2. The van der Waals surface area contributed by atoms with E-state index in [1.54, 1.807) is 0 Å². The molecule has 0 unspecified atom stereocenters. The number of rotatable bonds is 14. The fourth-order valence-corrected chi connectivity index (χ4v) is 2.56. The van der Waals surface area contributed by atoms with E-state index in [2.05, 4.69) is 22.9 Å². The molecule has 3 heteroatoms. The third kappa shape index (κ3) is 20.9. The Morgan fingerprint density at radius 3 is 1.32 bits per heavy atom. The molecule has 0 fully saturated rings. The third-order valence-corrected chi connectivity index (χ3v) is 3.87. The number of halogens is 2. The molecule has 0 aromatic heterocycles. The first-order chi connectivity index (χ1) is 8.77. The third-order valence-electron chi connectivity index (χ3n) is 3.48. The number of hydrogen-bond acceptors (Lipinski definition) is 1. The van der Waals surface area contributed by atoms with Crippen molar-refractivity contribution in [1.29, 1.82) is 0 Å². The van der Waals surface area contributed by atoms with Crippen LogP contribution in [-0.2, 0) is 4.79 Å². The maximum Gasteiger partial charge on any atom is 0.197 e. The summed E-state index contributed by atoms with van der Waals surface area (Å²) in [5, 5.41) is 0. The van der Waals surface area contributed by atoms with Gasteiger partial charge in [-0.1, -0.05) is 84.0 Å². The highest BCUT2D eigenvalue weighted by Gasteiger charge is 1.96. The average Bonchev–Trinajstić information content (AvgIpc) is 2.34. The van der Waals surface area contributed by atoms with Crippen LogP contribution in [0.15, 0.2) is 0 Å². The lowest BCUT2D eigenvalue weighted by atomic mass is 10.0. The molecule has 19 heavy (non-hydrogen) atoms. The SMILES string of the molecule is CCCCCCCCCCCCCCCC(=O)Br.Cl. The summed E-state index contributed by atoms with van der Waals surface area (Å²) in [7, 11) is 0. The molecule has 0 saturated carbocycles. The van der Waals surface area contributed by atoms with Gasteiger partial charge in [0, 0.05) is 6.42 Å². The Morgan fingerprint density at radius 2 is 1.00 bits per heavy atom. The van der Waals surface area contributed by atoms with Gasteiger partial charge in [-0.05, 0) is 22.4 Å². The summed E-state index contributed by atoms with van der Waals surface area (Å²) in [6, 6.07) is 0. The zero-order valence-corrected chi connectivity index (χ0v) is 15.0. The summed E-state index contributed by atoms with van der Waals surface area (Å²) in [5.41, 5.74) is 0. The van der Waals surface area contributed by atoms with Crippen molar-refractivity contribution in [3.63, 3.8) is 0 Å². The summed E-state index contributed by atoms with van der Waals surface area (Å²) in [5.74, 6) is 0. The Morgan fingerprint density at radius 1 is 0.684 bits per heavy atom. The largest absolute Gasteiger partial charge is 0.287 e. The van der Waals surface area contributed by atoms with Crippen molar-refractivity contribution in [2.24, 2.45) is 0 Å². The van der Waals surface area contributed by atoms with Crippen LogP contribution in [0.2, 0.25) is 0 Å². The van der Waals surface area contributed by atoms with Crippen molar-refractivity contribution in [2.45, 2.75) is 96.8 Å². The molecule has 0 aromatic rings. The Bertz CT molecular complexity index is 186. The minimum Gasteiger partial charge on any atom is -0.287 e. The smallest absolute Gasteiger partial charge is 0.197 e. The van der Waals surface area contributed by atoms with Crippen molar-refractivity contribution >= 4 is 33.0 Å². The second-order valence-corrected chi connectivity index (χ2v) is 6.23. The van der Waals surface area contributed by atoms with Crippen LogP contribution >= 0.6 is 28.3 Å². The van der Waals surface area contributed by atoms with Crippen molar-refractivity contribution in [2.75, 3.05) is 0 Å². The van der Waals surface area contributed by atoms with Crippen LogP contribution < -0.4 is 0 Å². The maximum atomic E-state index is 10.7. The summed E-state index contributed by atoms with van der Waals surface area (Å²) in [4.78, 5) is 10.7. The molecule has 0 aromatic carbocycles. The highest BCUT2D eigenvalue weighted by atomic mass is 79.9. The topological polar surface area (TPSA) is 17.1 Å². The van der Waals surface area contributed by atoms with Crippen molar-refractivity contribution in [3.05, 3.63) is 0 Å². The van der Waals surface area contributed by atoms with E-state index < -0.39 is 0 Å². The zero-order valence-electron chi connectivity index (χ0n) is 12.6. The summed E-state index contributed by atoms with van der Waals surface area (Å²) in [6.07, 6.45) is 18.4. The first-order valence-electron chi connectivity index (χ1n) is 7.95. The molecule has 0 amide bonds. The minimum absolute atomic E-state index is 0. The zero-order chi connectivity index (χ0) is 13.5. The molecule has 116 valence electrons. The second kappa shape index (κ2) is 18.4. The molecule has 0 aliphatic rings. The standard InChI is InChI=1S/C16H31BrO.ClH/c1-2-3-4-5-6-7-8-9-10-11-12-13-14-15-16(17)18;/h2-15H2,1H3;1H. The predicted octanol–water partition coefficient (Wildman–Crippen LogP) is 6.81. The molecule has 0 N–H and O–H groups in total. The second-order valence-electron chi connectivity index (χ2n) is 5.35. The molecule has 0 rings (SSSR count). The van der Waals surface area contributed by atoms with Gasteiger partial charge in [-0.25, -0.2) is 0 Å². The lowest BCUT2D eigenvalue weighted by Crippen LogP contribution is -1.86. The number of carbonyl (C=O) groups is 1. The van der Waals surface area contributed by atoms with E-state index in [1.165, 1.54) is 77.0 Å². The maximum absolute atomic E-state index is 10.7. The van der Waals surface area contributed by atoms with Crippen molar-refractivity contribution in [1.82, 2.24) is 0 Å². The lowest BCUT2D eigenvalue weighted by Gasteiger charge is -2.02. The van der Waals surface area contributed by atoms with Crippen LogP contribution in [0.25, 0.3) is 0 Å². The van der Waals surface area contributed by atoms with Gasteiger partial charge in [-0.3, -0.25) is 4.79 Å². The Kier molecular flexibility index (Phi) is 21.1. The fraction of sp³-hybridized carbons (Fsp3) is 0.938. The van der Waals surface area contributed by atoms with E-state index >= 15 is 0 Å². The molecule has 0 heterocycles. The van der Waals surface area contributed by atoms with E-state index in [9.17, 15) is 4.79 Å². The quantitative estimate of drug-likeness (QED) is 0.247. The minimum atomic E-state index is 0. The van der Waals surface area contributed by atoms with Gasteiger partial charge < -0.3 is 0 Å². The van der Waals surface area contributed by atoms with Gasteiger partial charge in [-0.2, -0.15) is 0 Å². The first kappa shape index (κ1) is 21.7. The van der Waals surface area contributed by atoms with Gasteiger partial charge in [-0.15, -0.1) is 12.4 Å². The van der Waals surface area contributed by atoms with Gasteiger partial charge in [0.05, 0.1) is 0 Å². The van der Waals surface area contributed by atoms with Crippen molar-refractivity contribution in [3.8, 4) is 0 Å². The lowest BCUT2D eigenvalue weighted by molar-refractivity contribution is -0.110. The Balaban J connectivity index is 0. The van der Waals surface area contributed by atoms with Gasteiger partial charge in [0.2, 0.25) is 0 Å². The van der Waals surface area contributed by atoms with Crippen LogP contribution in [0, 0.1) is 0 Å². The van der Waals surface area contributed by atoms with Gasteiger partial charge >= 0.3 is 0 Å². The summed E-state index contributed by atoms with van der Waals surface area (Å²) >= 11 is 2.97. The van der Waals surface area contributed by atoms with Crippen LogP contribution in [0.3, 0.4) is 0 Å². The van der Waals surface area contributed by atoms with Gasteiger partial charge in [0.1, 0.15) is 0 Å². The monoisotopic (exact) mass is 354 g/mol. The Hall–Kier alpha value is 0.440. The predicted molar refractivity (Wildman–Crippen MR) is 91.5 cm³/mol. The fourth-order valence-electron chi connectivity index (χ4n) is 2.28. The van der Waals surface area contributed by atoms with Crippen LogP contribution in [-0.4, -0.2) is 4.69 Å². The molecule has 0 bridgehead atoms. The molecule has 0 radical (unpaired) electrons. The number of hydrogen-bond donors (Lipinski definition) is 0. The Labute approximate surface area is 134 Å². The van der Waals surface area contributed by atoms with E-state index in [0.29, 0.717) is 6.42 Å².